The van der Waals surface area contributed by atoms with Gasteiger partial charge in [-0.2, -0.15) is 0 Å². The van der Waals surface area contributed by atoms with Crippen LogP contribution in [0.3, 0.4) is 0 Å². The Morgan fingerprint density at radius 3 is 2.36 bits per heavy atom. The third-order valence-corrected chi connectivity index (χ3v) is 3.51. The Hall–Kier alpha value is -2.65. The minimum Gasteiger partial charge on any atom is -0.398 e. The minimum atomic E-state index is 0.478. The van der Waals surface area contributed by atoms with Gasteiger partial charge in [0.1, 0.15) is 0 Å². The quantitative estimate of drug-likeness (QED) is 0.572. The van der Waals surface area contributed by atoms with Gasteiger partial charge < -0.3 is 5.73 Å². The van der Waals surface area contributed by atoms with E-state index in [1.807, 2.05) is 54.6 Å². The van der Waals surface area contributed by atoms with Crippen molar-refractivity contribution in [3.63, 3.8) is 0 Å². The Kier molecular flexibility index (Phi) is 4.17. The van der Waals surface area contributed by atoms with Crippen LogP contribution in [0.25, 0.3) is 0 Å². The highest BCUT2D eigenvalue weighted by molar-refractivity contribution is 6.33. The topological polar surface area (TPSA) is 51.3 Å². The maximum absolute atomic E-state index is 6.18. The lowest BCUT2D eigenvalue weighted by Gasteiger charge is -2.10. The fourth-order valence-electron chi connectivity index (χ4n) is 2.15. The van der Waals surface area contributed by atoms with E-state index in [-0.39, 0.29) is 0 Å². The molecule has 0 saturated heterocycles. The molecule has 108 valence electrons. The van der Waals surface area contributed by atoms with Crippen molar-refractivity contribution in [2.45, 2.75) is 0 Å². The molecule has 0 unspecified atom stereocenters. The van der Waals surface area contributed by atoms with Crippen molar-refractivity contribution < 1.29 is 0 Å². The summed E-state index contributed by atoms with van der Waals surface area (Å²) in [7, 11) is 0. The number of hydrogen-bond acceptors (Lipinski definition) is 3. The van der Waals surface area contributed by atoms with Crippen LogP contribution in [-0.2, 0) is 0 Å². The van der Waals surface area contributed by atoms with Crippen LogP contribution in [0, 0.1) is 0 Å². The first-order valence-corrected chi connectivity index (χ1v) is 7.23. The molecule has 0 radical (unpaired) electrons. The maximum Gasteiger partial charge on any atom is 0.171 e. The molecule has 3 nitrogen and oxygen atoms in total. The van der Waals surface area contributed by atoms with Gasteiger partial charge in [-0.15, -0.1) is 0 Å². The smallest absolute Gasteiger partial charge is 0.171 e. The van der Waals surface area contributed by atoms with Gasteiger partial charge in [-0.1, -0.05) is 60.1 Å². The molecule has 1 aromatic heterocycles. The van der Waals surface area contributed by atoms with E-state index in [1.165, 1.54) is 0 Å². The van der Waals surface area contributed by atoms with E-state index in [0.717, 1.165) is 16.8 Å². The summed E-state index contributed by atoms with van der Waals surface area (Å²) >= 11 is 6.18. The van der Waals surface area contributed by atoms with Gasteiger partial charge in [0.05, 0.1) is 10.7 Å². The molecular weight excluding hydrogens is 294 g/mol. The van der Waals surface area contributed by atoms with E-state index in [1.54, 1.807) is 18.3 Å². The second kappa shape index (κ2) is 6.41. The van der Waals surface area contributed by atoms with Crippen molar-refractivity contribution in [2.24, 2.45) is 4.99 Å². The SMILES string of the molecule is Nc1ccccc1/C(=N\c1ncccc1Cl)c1ccccc1. The van der Waals surface area contributed by atoms with E-state index in [4.69, 9.17) is 17.3 Å². The zero-order valence-electron chi connectivity index (χ0n) is 11.8. The third-order valence-electron chi connectivity index (χ3n) is 3.22. The Labute approximate surface area is 134 Å². The standard InChI is InChI=1S/C18H14ClN3/c19-15-10-6-12-21-18(15)22-17(13-7-2-1-3-8-13)14-9-4-5-11-16(14)20/h1-12H,20H2/b22-17-. The van der Waals surface area contributed by atoms with E-state index in [2.05, 4.69) is 9.98 Å². The highest BCUT2D eigenvalue weighted by atomic mass is 35.5. The number of para-hydroxylation sites is 1. The highest BCUT2D eigenvalue weighted by Gasteiger charge is 2.11. The maximum atomic E-state index is 6.18. The van der Waals surface area contributed by atoms with Gasteiger partial charge in [0.2, 0.25) is 0 Å². The molecule has 0 aliphatic rings. The average Bonchev–Trinajstić information content (AvgIpc) is 2.56. The summed E-state index contributed by atoms with van der Waals surface area (Å²) in [5.74, 6) is 0.478. The van der Waals surface area contributed by atoms with Crippen molar-refractivity contribution in [3.05, 3.63) is 89.1 Å². The number of benzene rings is 2. The summed E-state index contributed by atoms with van der Waals surface area (Å²) in [5, 5.41) is 0.505. The number of halogens is 1. The van der Waals surface area contributed by atoms with Gasteiger partial charge in [0, 0.05) is 23.0 Å². The van der Waals surface area contributed by atoms with Gasteiger partial charge in [0.25, 0.3) is 0 Å². The molecule has 0 spiro atoms. The van der Waals surface area contributed by atoms with Crippen LogP contribution in [0.15, 0.2) is 77.9 Å². The van der Waals surface area contributed by atoms with Crippen molar-refractivity contribution in [1.82, 2.24) is 4.98 Å². The molecule has 0 aliphatic carbocycles. The molecule has 2 N–H and O–H groups in total. The molecule has 3 rings (SSSR count). The lowest BCUT2D eigenvalue weighted by Crippen LogP contribution is -2.06. The molecule has 0 amide bonds. The van der Waals surface area contributed by atoms with Crippen molar-refractivity contribution in [2.75, 3.05) is 5.73 Å². The average molecular weight is 308 g/mol. The molecule has 0 aliphatic heterocycles. The highest BCUT2D eigenvalue weighted by Crippen LogP contribution is 2.25. The first-order valence-electron chi connectivity index (χ1n) is 6.85. The van der Waals surface area contributed by atoms with E-state index < -0.39 is 0 Å². The second-order valence-corrected chi connectivity index (χ2v) is 5.13. The summed E-state index contributed by atoms with van der Waals surface area (Å²) in [4.78, 5) is 8.89. The molecule has 4 heteroatoms. The van der Waals surface area contributed by atoms with E-state index in [0.29, 0.717) is 16.5 Å². The minimum absolute atomic E-state index is 0.478. The Balaban J connectivity index is 2.21. The molecule has 1 heterocycles. The Bertz CT molecular complexity index is 813. The van der Waals surface area contributed by atoms with Crippen LogP contribution in [0.5, 0.6) is 0 Å². The van der Waals surface area contributed by atoms with Gasteiger partial charge in [0.15, 0.2) is 5.82 Å². The molecular formula is C18H14ClN3. The van der Waals surface area contributed by atoms with Crippen LogP contribution in [0.1, 0.15) is 11.1 Å². The number of anilines is 1. The summed E-state index contributed by atoms with van der Waals surface area (Å²) < 4.78 is 0. The van der Waals surface area contributed by atoms with Crippen molar-refractivity contribution in [1.29, 1.82) is 0 Å². The third kappa shape index (κ3) is 3.00. The summed E-state index contributed by atoms with van der Waals surface area (Å²) in [6, 6.07) is 21.0. The Morgan fingerprint density at radius 2 is 1.64 bits per heavy atom. The fraction of sp³-hybridized carbons (Fsp3) is 0. The van der Waals surface area contributed by atoms with Gasteiger partial charge in [-0.05, 0) is 18.2 Å². The monoisotopic (exact) mass is 307 g/mol. The molecule has 0 bridgehead atoms. The normalized spacial score (nSPS) is 11.4. The molecule has 22 heavy (non-hydrogen) atoms. The van der Waals surface area contributed by atoms with Crippen LogP contribution >= 0.6 is 11.6 Å². The number of aliphatic imine (C=N–C) groups is 1. The van der Waals surface area contributed by atoms with E-state index >= 15 is 0 Å². The second-order valence-electron chi connectivity index (χ2n) is 4.72. The molecule has 0 fully saturated rings. The predicted octanol–water partition coefficient (Wildman–Crippen LogP) is 4.49. The largest absolute Gasteiger partial charge is 0.398 e. The number of pyridine rings is 1. The zero-order valence-corrected chi connectivity index (χ0v) is 12.5. The van der Waals surface area contributed by atoms with Gasteiger partial charge in [-0.3, -0.25) is 0 Å². The van der Waals surface area contributed by atoms with Crippen LogP contribution in [-0.4, -0.2) is 10.7 Å². The number of rotatable bonds is 3. The van der Waals surface area contributed by atoms with Crippen LogP contribution in [0.2, 0.25) is 5.02 Å². The first kappa shape index (κ1) is 14.3. The lowest BCUT2D eigenvalue weighted by molar-refractivity contribution is 1.27. The molecule has 0 saturated carbocycles. The summed E-state index contributed by atoms with van der Waals surface area (Å²) in [6.07, 6.45) is 1.67. The number of hydrogen-bond donors (Lipinski definition) is 1. The number of aromatic nitrogens is 1. The Morgan fingerprint density at radius 1 is 0.909 bits per heavy atom. The van der Waals surface area contributed by atoms with Crippen LogP contribution in [0.4, 0.5) is 11.5 Å². The van der Waals surface area contributed by atoms with Gasteiger partial charge in [-0.25, -0.2) is 9.98 Å². The fourth-order valence-corrected chi connectivity index (χ4v) is 2.32. The van der Waals surface area contributed by atoms with Crippen molar-refractivity contribution >= 4 is 28.8 Å². The summed E-state index contributed by atoms with van der Waals surface area (Å²) in [5.41, 5.74) is 9.35. The number of nitrogen functional groups attached to an aromatic ring is 1. The molecule has 0 atom stereocenters. The van der Waals surface area contributed by atoms with E-state index in [9.17, 15) is 0 Å². The predicted molar refractivity (Wildman–Crippen MR) is 91.8 cm³/mol. The lowest BCUT2D eigenvalue weighted by atomic mass is 10.0. The van der Waals surface area contributed by atoms with Gasteiger partial charge >= 0.3 is 0 Å². The summed E-state index contributed by atoms with van der Waals surface area (Å²) in [6.45, 7) is 0. The van der Waals surface area contributed by atoms with Crippen molar-refractivity contribution in [3.8, 4) is 0 Å². The molecule has 2 aromatic carbocycles. The zero-order chi connectivity index (χ0) is 15.4. The number of nitrogens with two attached hydrogens (primary N) is 1. The van der Waals surface area contributed by atoms with Crippen LogP contribution < -0.4 is 5.73 Å². The number of nitrogens with zero attached hydrogens (tertiary/aromatic N) is 2. The molecule has 3 aromatic rings. The first-order chi connectivity index (χ1) is 10.8.